The van der Waals surface area contributed by atoms with Crippen LogP contribution in [0.5, 0.6) is 0 Å². The molecule has 5 nitrogen and oxygen atoms in total. The van der Waals surface area contributed by atoms with Crippen molar-refractivity contribution in [1.29, 1.82) is 0 Å². The third-order valence-electron chi connectivity index (χ3n) is 3.51. The van der Waals surface area contributed by atoms with Crippen LogP contribution in [0, 0.1) is 24.0 Å². The molecular weight excluding hydrogens is 286 g/mol. The van der Waals surface area contributed by atoms with Gasteiger partial charge in [0, 0.05) is 36.0 Å². The maximum atomic E-state index is 11.0. The van der Waals surface area contributed by atoms with Gasteiger partial charge >= 0.3 is 0 Å². The molecule has 0 unspecified atom stereocenters. The van der Waals surface area contributed by atoms with Gasteiger partial charge in [0.2, 0.25) is 0 Å². The van der Waals surface area contributed by atoms with E-state index in [0.717, 1.165) is 34.8 Å². The van der Waals surface area contributed by atoms with Gasteiger partial charge in [0.25, 0.3) is 5.69 Å². The van der Waals surface area contributed by atoms with Crippen molar-refractivity contribution >= 4 is 17.0 Å². The van der Waals surface area contributed by atoms with Gasteiger partial charge in [-0.15, -0.1) is 11.3 Å². The number of nitrogens with one attached hydrogen (secondary N) is 1. The van der Waals surface area contributed by atoms with Gasteiger partial charge in [0.1, 0.15) is 0 Å². The van der Waals surface area contributed by atoms with Crippen LogP contribution in [-0.4, -0.2) is 16.5 Å². The Labute approximate surface area is 128 Å². The summed E-state index contributed by atoms with van der Waals surface area (Å²) in [6, 6.07) is 5.29. The average molecular weight is 305 g/mol. The molecular formula is C15H19N3O2S. The van der Waals surface area contributed by atoms with E-state index in [1.54, 1.807) is 30.4 Å². The minimum Gasteiger partial charge on any atom is -0.310 e. The number of hydrogen-bond donors (Lipinski definition) is 1. The predicted octanol–water partition coefficient (Wildman–Crippen LogP) is 3.56. The second-order valence-corrected chi connectivity index (χ2v) is 6.09. The second kappa shape index (κ2) is 6.78. The standard InChI is InChI=1S/C15H19N3O2S/c1-10-14(5-4-6-15(10)18(19)20)11(2)16-8-7-13-9-21-12(3)17-13/h4-6,9,11,16H,7-8H2,1-3H3/t11-/m1/s1. The zero-order valence-electron chi connectivity index (χ0n) is 12.4. The van der Waals surface area contributed by atoms with Gasteiger partial charge in [-0.2, -0.15) is 0 Å². The highest BCUT2D eigenvalue weighted by Gasteiger charge is 2.16. The lowest BCUT2D eigenvalue weighted by Gasteiger charge is -2.16. The van der Waals surface area contributed by atoms with E-state index < -0.39 is 0 Å². The first kappa shape index (κ1) is 15.6. The van der Waals surface area contributed by atoms with E-state index in [1.807, 2.05) is 19.9 Å². The van der Waals surface area contributed by atoms with Crippen molar-refractivity contribution in [2.75, 3.05) is 6.54 Å². The molecule has 0 fully saturated rings. The molecule has 112 valence electrons. The number of nitro benzene ring substituents is 1. The second-order valence-electron chi connectivity index (χ2n) is 5.03. The molecule has 1 atom stereocenters. The number of benzene rings is 1. The Bertz CT molecular complexity index is 640. The normalized spacial score (nSPS) is 12.3. The topological polar surface area (TPSA) is 68.1 Å². The number of rotatable bonds is 6. The fraction of sp³-hybridized carbons (Fsp3) is 0.400. The Morgan fingerprint density at radius 3 is 2.81 bits per heavy atom. The molecule has 2 aromatic rings. The zero-order chi connectivity index (χ0) is 15.4. The molecule has 21 heavy (non-hydrogen) atoms. The van der Waals surface area contributed by atoms with Gasteiger partial charge in [0.05, 0.1) is 15.6 Å². The average Bonchev–Trinajstić information content (AvgIpc) is 2.84. The molecule has 0 saturated carbocycles. The molecule has 0 radical (unpaired) electrons. The van der Waals surface area contributed by atoms with Crippen molar-refractivity contribution in [2.45, 2.75) is 33.2 Å². The van der Waals surface area contributed by atoms with Crippen LogP contribution < -0.4 is 5.32 Å². The summed E-state index contributed by atoms with van der Waals surface area (Å²) < 4.78 is 0. The van der Waals surface area contributed by atoms with Gasteiger partial charge in [0.15, 0.2) is 0 Å². The SMILES string of the molecule is Cc1nc(CCN[C@H](C)c2cccc([N+](=O)[O-])c2C)cs1. The lowest BCUT2D eigenvalue weighted by molar-refractivity contribution is -0.385. The predicted molar refractivity (Wildman–Crippen MR) is 84.8 cm³/mol. The molecule has 0 aliphatic rings. The minimum absolute atomic E-state index is 0.0737. The molecule has 6 heteroatoms. The van der Waals surface area contributed by atoms with Gasteiger partial charge in [-0.25, -0.2) is 4.98 Å². The van der Waals surface area contributed by atoms with Crippen LogP contribution in [0.2, 0.25) is 0 Å². The van der Waals surface area contributed by atoms with Crippen LogP contribution in [0.1, 0.15) is 34.8 Å². The highest BCUT2D eigenvalue weighted by Crippen LogP contribution is 2.25. The summed E-state index contributed by atoms with van der Waals surface area (Å²) in [4.78, 5) is 15.1. The summed E-state index contributed by atoms with van der Waals surface area (Å²) in [5.74, 6) is 0. The number of aromatic nitrogens is 1. The molecule has 0 saturated heterocycles. The van der Waals surface area contributed by atoms with Crippen LogP contribution in [0.3, 0.4) is 0 Å². The maximum absolute atomic E-state index is 11.0. The molecule has 0 amide bonds. The lowest BCUT2D eigenvalue weighted by atomic mass is 10.0. The molecule has 0 spiro atoms. The smallest absolute Gasteiger partial charge is 0.272 e. The lowest BCUT2D eigenvalue weighted by Crippen LogP contribution is -2.22. The fourth-order valence-electron chi connectivity index (χ4n) is 2.36. The number of nitro groups is 1. The minimum atomic E-state index is -0.330. The maximum Gasteiger partial charge on any atom is 0.272 e. The van der Waals surface area contributed by atoms with Crippen LogP contribution in [0.4, 0.5) is 5.69 Å². The quantitative estimate of drug-likeness (QED) is 0.654. The van der Waals surface area contributed by atoms with Crippen molar-refractivity contribution < 1.29 is 4.92 Å². The van der Waals surface area contributed by atoms with E-state index in [-0.39, 0.29) is 16.7 Å². The molecule has 1 aromatic heterocycles. The Morgan fingerprint density at radius 2 is 2.19 bits per heavy atom. The molecule has 2 rings (SSSR count). The molecule has 1 aromatic carbocycles. The van der Waals surface area contributed by atoms with Gasteiger partial charge < -0.3 is 5.32 Å². The molecule has 0 aliphatic carbocycles. The first-order valence-electron chi connectivity index (χ1n) is 6.87. The first-order valence-corrected chi connectivity index (χ1v) is 7.75. The molecule has 1 N–H and O–H groups in total. The summed E-state index contributed by atoms with van der Waals surface area (Å²) in [5, 5.41) is 17.5. The van der Waals surface area contributed by atoms with E-state index in [4.69, 9.17) is 0 Å². The monoisotopic (exact) mass is 305 g/mol. The Hall–Kier alpha value is -1.79. The number of thiazole rings is 1. The summed E-state index contributed by atoms with van der Waals surface area (Å²) in [5.41, 5.74) is 2.97. The molecule has 0 aliphatic heterocycles. The summed E-state index contributed by atoms with van der Waals surface area (Å²) in [7, 11) is 0. The Morgan fingerprint density at radius 1 is 1.43 bits per heavy atom. The summed E-state index contributed by atoms with van der Waals surface area (Å²) >= 11 is 1.65. The largest absolute Gasteiger partial charge is 0.310 e. The van der Waals surface area contributed by atoms with Crippen LogP contribution in [-0.2, 0) is 6.42 Å². The van der Waals surface area contributed by atoms with E-state index >= 15 is 0 Å². The Balaban J connectivity index is 1.98. The zero-order valence-corrected chi connectivity index (χ0v) is 13.2. The number of aryl methyl sites for hydroxylation is 1. The van der Waals surface area contributed by atoms with E-state index in [2.05, 4.69) is 15.7 Å². The van der Waals surface area contributed by atoms with Gasteiger partial charge in [-0.05, 0) is 26.3 Å². The van der Waals surface area contributed by atoms with Gasteiger partial charge in [-0.3, -0.25) is 10.1 Å². The number of hydrogen-bond acceptors (Lipinski definition) is 5. The van der Waals surface area contributed by atoms with Crippen molar-refractivity contribution in [3.63, 3.8) is 0 Å². The summed E-state index contributed by atoms with van der Waals surface area (Å²) in [6.07, 6.45) is 0.864. The third kappa shape index (κ3) is 3.86. The van der Waals surface area contributed by atoms with Crippen molar-refractivity contribution in [2.24, 2.45) is 0 Å². The van der Waals surface area contributed by atoms with Crippen molar-refractivity contribution in [3.8, 4) is 0 Å². The van der Waals surface area contributed by atoms with Crippen LogP contribution >= 0.6 is 11.3 Å². The van der Waals surface area contributed by atoms with Crippen molar-refractivity contribution in [1.82, 2.24) is 10.3 Å². The van der Waals surface area contributed by atoms with E-state index in [1.165, 1.54) is 0 Å². The summed E-state index contributed by atoms with van der Waals surface area (Å²) in [6.45, 7) is 6.62. The van der Waals surface area contributed by atoms with Crippen LogP contribution in [0.15, 0.2) is 23.6 Å². The van der Waals surface area contributed by atoms with Crippen molar-refractivity contribution in [3.05, 3.63) is 55.5 Å². The first-order chi connectivity index (χ1) is 9.99. The van der Waals surface area contributed by atoms with E-state index in [0.29, 0.717) is 0 Å². The number of nitrogens with zero attached hydrogens (tertiary/aromatic N) is 2. The molecule has 0 bridgehead atoms. The Kier molecular flexibility index (Phi) is 5.03. The van der Waals surface area contributed by atoms with Gasteiger partial charge in [-0.1, -0.05) is 12.1 Å². The molecule has 1 heterocycles. The van der Waals surface area contributed by atoms with E-state index in [9.17, 15) is 10.1 Å². The fourth-order valence-corrected chi connectivity index (χ4v) is 3.00. The third-order valence-corrected chi connectivity index (χ3v) is 4.33. The highest BCUT2D eigenvalue weighted by molar-refractivity contribution is 7.09. The van der Waals surface area contributed by atoms with Crippen LogP contribution in [0.25, 0.3) is 0 Å². The highest BCUT2D eigenvalue weighted by atomic mass is 32.1.